The van der Waals surface area contributed by atoms with Gasteiger partial charge in [0.05, 0.1) is 15.6 Å². The number of nitrogens with zero attached hydrogens (tertiary/aromatic N) is 1. The summed E-state index contributed by atoms with van der Waals surface area (Å²) in [6.07, 6.45) is 1.73. The normalized spacial score (nSPS) is 11.3. The minimum atomic E-state index is -0.571. The summed E-state index contributed by atoms with van der Waals surface area (Å²) in [5.41, 5.74) is 1.75. The number of hydrogen-bond donors (Lipinski definition) is 1. The molecule has 0 unspecified atom stereocenters. The van der Waals surface area contributed by atoms with Crippen LogP contribution >= 0.6 is 22.9 Å². The van der Waals surface area contributed by atoms with Crippen LogP contribution in [0.25, 0.3) is 10.4 Å². The van der Waals surface area contributed by atoms with E-state index in [-0.39, 0.29) is 5.91 Å². The number of halogens is 1. The lowest BCUT2D eigenvalue weighted by atomic mass is 9.98. The van der Waals surface area contributed by atoms with Crippen molar-refractivity contribution in [2.75, 3.05) is 0 Å². The molecule has 0 saturated carbocycles. The number of carbonyl (C=O) groups is 1. The highest BCUT2D eigenvalue weighted by atomic mass is 35.5. The molecule has 0 fully saturated rings. The molecule has 0 aliphatic carbocycles. The average Bonchev–Trinajstić information content (AvgIpc) is 3.01. The predicted molar refractivity (Wildman–Crippen MR) is 99.5 cm³/mol. The van der Waals surface area contributed by atoms with E-state index in [1.165, 1.54) is 11.3 Å². The lowest BCUT2D eigenvalue weighted by Crippen LogP contribution is -2.41. The molecule has 3 rings (SSSR count). The molecule has 0 radical (unpaired) electrons. The number of amides is 1. The molecule has 0 aliphatic rings. The maximum Gasteiger partial charge on any atom is 0.252 e. The van der Waals surface area contributed by atoms with E-state index in [2.05, 4.69) is 10.3 Å². The zero-order chi connectivity index (χ0) is 17.2. The van der Waals surface area contributed by atoms with E-state index in [0.29, 0.717) is 9.90 Å². The Kier molecular flexibility index (Phi) is 4.69. The van der Waals surface area contributed by atoms with Gasteiger partial charge >= 0.3 is 0 Å². The highest BCUT2D eigenvalue weighted by molar-refractivity contribution is 7.19. The fourth-order valence-electron chi connectivity index (χ4n) is 2.50. The summed E-state index contributed by atoms with van der Waals surface area (Å²) in [5.74, 6) is -0.134. The van der Waals surface area contributed by atoms with Crippen molar-refractivity contribution in [3.8, 4) is 10.4 Å². The van der Waals surface area contributed by atoms with Crippen LogP contribution in [0.1, 0.15) is 29.9 Å². The molecule has 122 valence electrons. The summed E-state index contributed by atoms with van der Waals surface area (Å²) in [6, 6.07) is 17.0. The molecular formula is C19H17ClN2OS. The van der Waals surface area contributed by atoms with Crippen LogP contribution in [0.5, 0.6) is 0 Å². The first-order chi connectivity index (χ1) is 11.5. The van der Waals surface area contributed by atoms with Crippen LogP contribution in [0.15, 0.2) is 60.8 Å². The number of nitrogens with one attached hydrogen (secondary N) is 1. The average molecular weight is 357 g/mol. The van der Waals surface area contributed by atoms with Crippen LogP contribution in [0.3, 0.4) is 0 Å². The van der Waals surface area contributed by atoms with Crippen molar-refractivity contribution in [1.82, 2.24) is 10.3 Å². The van der Waals surface area contributed by atoms with Crippen molar-refractivity contribution in [2.45, 2.75) is 19.4 Å². The smallest absolute Gasteiger partial charge is 0.252 e. The number of carbonyl (C=O) groups excluding carboxylic acids is 1. The third-order valence-electron chi connectivity index (χ3n) is 3.74. The highest BCUT2D eigenvalue weighted by Gasteiger charge is 2.26. The molecule has 1 amide bonds. The first-order valence-corrected chi connectivity index (χ1v) is 8.75. The largest absolute Gasteiger partial charge is 0.341 e. The van der Waals surface area contributed by atoms with Crippen molar-refractivity contribution < 1.29 is 4.79 Å². The Balaban J connectivity index is 1.91. The summed E-state index contributed by atoms with van der Waals surface area (Å²) in [6.45, 7) is 3.88. The summed E-state index contributed by atoms with van der Waals surface area (Å²) in [4.78, 5) is 18.2. The second-order valence-corrected chi connectivity index (χ2v) is 7.66. The lowest BCUT2D eigenvalue weighted by molar-refractivity contribution is 0.0911. The van der Waals surface area contributed by atoms with Gasteiger partial charge in [-0.1, -0.05) is 35.9 Å². The fourth-order valence-corrected chi connectivity index (χ4v) is 3.59. The fraction of sp³-hybridized carbons (Fsp3) is 0.158. The monoisotopic (exact) mass is 356 g/mol. The van der Waals surface area contributed by atoms with E-state index < -0.39 is 5.54 Å². The van der Waals surface area contributed by atoms with Crippen LogP contribution in [0.2, 0.25) is 4.34 Å². The van der Waals surface area contributed by atoms with E-state index in [4.69, 9.17) is 11.6 Å². The molecule has 2 aromatic heterocycles. The van der Waals surface area contributed by atoms with E-state index >= 15 is 0 Å². The molecule has 0 spiro atoms. The number of hydrogen-bond acceptors (Lipinski definition) is 3. The molecule has 24 heavy (non-hydrogen) atoms. The standard InChI is InChI=1S/C19H17ClN2OS/c1-19(2,16-9-5-6-12-21-16)22-18(23)14-8-4-3-7-13(14)15-10-11-17(20)24-15/h3-12H,1-2H3,(H,22,23). The van der Waals surface area contributed by atoms with Gasteiger partial charge in [0, 0.05) is 22.2 Å². The van der Waals surface area contributed by atoms with E-state index in [9.17, 15) is 4.79 Å². The molecule has 1 aromatic carbocycles. The molecule has 0 aliphatic heterocycles. The van der Waals surface area contributed by atoms with E-state index in [1.54, 1.807) is 6.20 Å². The van der Waals surface area contributed by atoms with Gasteiger partial charge in [-0.05, 0) is 44.2 Å². The zero-order valence-corrected chi connectivity index (χ0v) is 15.0. The Morgan fingerprint density at radius 3 is 2.50 bits per heavy atom. The van der Waals surface area contributed by atoms with Gasteiger partial charge in [-0.25, -0.2) is 0 Å². The van der Waals surface area contributed by atoms with E-state index in [0.717, 1.165) is 16.1 Å². The number of thiophene rings is 1. The van der Waals surface area contributed by atoms with Gasteiger partial charge in [-0.15, -0.1) is 11.3 Å². The van der Waals surface area contributed by atoms with Crippen molar-refractivity contribution in [3.63, 3.8) is 0 Å². The number of rotatable bonds is 4. The highest BCUT2D eigenvalue weighted by Crippen LogP contribution is 2.33. The lowest BCUT2D eigenvalue weighted by Gasteiger charge is -2.26. The maximum absolute atomic E-state index is 12.9. The van der Waals surface area contributed by atoms with Crippen LogP contribution in [0.4, 0.5) is 0 Å². The van der Waals surface area contributed by atoms with Crippen LogP contribution in [0, 0.1) is 0 Å². The first kappa shape index (κ1) is 16.7. The Bertz CT molecular complexity index is 859. The molecule has 0 saturated heterocycles. The molecule has 3 aromatic rings. The summed E-state index contributed by atoms with van der Waals surface area (Å²) >= 11 is 7.50. The third-order valence-corrected chi connectivity index (χ3v) is 5.01. The topological polar surface area (TPSA) is 42.0 Å². The van der Waals surface area contributed by atoms with Crippen LogP contribution in [-0.4, -0.2) is 10.9 Å². The third kappa shape index (κ3) is 3.50. The Morgan fingerprint density at radius 2 is 1.83 bits per heavy atom. The second kappa shape index (κ2) is 6.75. The van der Waals surface area contributed by atoms with Crippen molar-refractivity contribution in [2.24, 2.45) is 0 Å². The SMILES string of the molecule is CC(C)(NC(=O)c1ccccc1-c1ccc(Cl)s1)c1ccccn1. The van der Waals surface area contributed by atoms with Crippen LogP contribution < -0.4 is 5.32 Å². The van der Waals surface area contributed by atoms with Gasteiger partial charge in [0.2, 0.25) is 0 Å². The number of pyridine rings is 1. The quantitative estimate of drug-likeness (QED) is 0.704. The minimum absolute atomic E-state index is 0.134. The summed E-state index contributed by atoms with van der Waals surface area (Å²) < 4.78 is 0.703. The Hall–Kier alpha value is -2.17. The molecule has 1 N–H and O–H groups in total. The minimum Gasteiger partial charge on any atom is -0.341 e. The summed E-state index contributed by atoms with van der Waals surface area (Å²) in [5, 5.41) is 3.08. The van der Waals surface area contributed by atoms with E-state index in [1.807, 2.05) is 68.4 Å². The molecule has 0 atom stereocenters. The van der Waals surface area contributed by atoms with Gasteiger partial charge in [-0.3, -0.25) is 9.78 Å². The van der Waals surface area contributed by atoms with Gasteiger partial charge in [-0.2, -0.15) is 0 Å². The van der Waals surface area contributed by atoms with Crippen molar-refractivity contribution >= 4 is 28.8 Å². The molecule has 0 bridgehead atoms. The predicted octanol–water partition coefficient (Wildman–Crippen LogP) is 5.13. The number of benzene rings is 1. The van der Waals surface area contributed by atoms with Crippen LogP contribution in [-0.2, 0) is 5.54 Å². The molecule has 3 nitrogen and oxygen atoms in total. The second-order valence-electron chi connectivity index (χ2n) is 5.94. The van der Waals surface area contributed by atoms with Gasteiger partial charge in [0.25, 0.3) is 5.91 Å². The van der Waals surface area contributed by atoms with Gasteiger partial charge in [0.1, 0.15) is 0 Å². The zero-order valence-electron chi connectivity index (χ0n) is 13.4. The maximum atomic E-state index is 12.9. The summed E-state index contributed by atoms with van der Waals surface area (Å²) in [7, 11) is 0. The molecule has 2 heterocycles. The Morgan fingerprint density at radius 1 is 1.08 bits per heavy atom. The first-order valence-electron chi connectivity index (χ1n) is 7.56. The Labute approximate surface area is 150 Å². The van der Waals surface area contributed by atoms with Gasteiger partial charge in [0.15, 0.2) is 0 Å². The number of aromatic nitrogens is 1. The van der Waals surface area contributed by atoms with Crippen molar-refractivity contribution in [1.29, 1.82) is 0 Å². The molecule has 5 heteroatoms. The van der Waals surface area contributed by atoms with Crippen molar-refractivity contribution in [3.05, 3.63) is 76.4 Å². The van der Waals surface area contributed by atoms with Gasteiger partial charge < -0.3 is 5.32 Å². The molecular weight excluding hydrogens is 340 g/mol.